The summed E-state index contributed by atoms with van der Waals surface area (Å²) in [5.74, 6) is -1.81. The molecule has 0 aromatic heterocycles. The Bertz CT molecular complexity index is 1180. The van der Waals surface area contributed by atoms with Crippen LogP contribution >= 0.6 is 0 Å². The van der Waals surface area contributed by atoms with Crippen LogP contribution in [0, 0.1) is 0 Å². The third kappa shape index (κ3) is 38.3. The number of allylic oxidation sites excluding steroid dienone is 12. The molecule has 0 aliphatic heterocycles. The Balaban J connectivity index is 4.44. The smallest absolute Gasteiger partial charge is 0.306 e. The summed E-state index contributed by atoms with van der Waals surface area (Å²) < 4.78 is 17.1. The highest BCUT2D eigenvalue weighted by molar-refractivity contribution is 5.70. The van der Waals surface area contributed by atoms with Gasteiger partial charge in [-0.05, 0) is 64.2 Å². The normalized spacial score (nSPS) is 13.6. The van der Waals surface area contributed by atoms with Gasteiger partial charge in [-0.1, -0.05) is 164 Å². The molecule has 0 bridgehead atoms. The highest BCUT2D eigenvalue weighted by Crippen LogP contribution is 2.12. The minimum Gasteiger partial charge on any atom is -0.544 e. The zero-order valence-electron chi connectivity index (χ0n) is 37.7. The number of likely N-dealkylation sites (N-methyl/N-ethyl adjacent to an activating group) is 1. The molecule has 0 N–H and O–H groups in total. The molecule has 0 rings (SSSR count). The van der Waals surface area contributed by atoms with Crippen LogP contribution in [0.25, 0.3) is 0 Å². The fourth-order valence-corrected chi connectivity index (χ4v) is 6.31. The van der Waals surface area contributed by atoms with Crippen LogP contribution < -0.4 is 5.11 Å². The second-order valence-electron chi connectivity index (χ2n) is 16.4. The van der Waals surface area contributed by atoms with Crippen LogP contribution in [0.3, 0.4) is 0 Å². The van der Waals surface area contributed by atoms with Gasteiger partial charge in [-0.2, -0.15) is 0 Å². The lowest BCUT2D eigenvalue weighted by molar-refractivity contribution is -0.889. The molecule has 0 aromatic carbocycles. The number of ether oxygens (including phenoxy) is 3. The Labute approximate surface area is 355 Å². The van der Waals surface area contributed by atoms with Gasteiger partial charge in [0.1, 0.15) is 12.6 Å². The molecule has 58 heavy (non-hydrogen) atoms. The number of carboxylic acid groups (broad SMARTS) is 1. The highest BCUT2D eigenvalue weighted by Gasteiger charge is 2.25. The van der Waals surface area contributed by atoms with E-state index in [1.54, 1.807) is 21.1 Å². The van der Waals surface area contributed by atoms with Gasteiger partial charge in [0.15, 0.2) is 6.10 Å². The molecule has 2 unspecified atom stereocenters. The molecule has 332 valence electrons. The van der Waals surface area contributed by atoms with Crippen LogP contribution in [-0.4, -0.2) is 75.5 Å². The first-order chi connectivity index (χ1) is 28.1. The van der Waals surface area contributed by atoms with E-state index in [-0.39, 0.29) is 49.1 Å². The maximum atomic E-state index is 12.7. The average molecular weight is 812 g/mol. The van der Waals surface area contributed by atoms with Crippen LogP contribution in [0.15, 0.2) is 72.9 Å². The van der Waals surface area contributed by atoms with E-state index < -0.39 is 18.1 Å². The van der Waals surface area contributed by atoms with Crippen molar-refractivity contribution in [3.8, 4) is 0 Å². The third-order valence-corrected chi connectivity index (χ3v) is 9.94. The molecule has 0 heterocycles. The lowest BCUT2D eigenvalue weighted by Gasteiger charge is -2.34. The monoisotopic (exact) mass is 812 g/mol. The second kappa shape index (κ2) is 40.5. The summed E-state index contributed by atoms with van der Waals surface area (Å²) >= 11 is 0. The molecule has 2 atom stereocenters. The number of aliphatic carboxylic acids is 1. The molecule has 0 spiro atoms. The lowest BCUT2D eigenvalue weighted by atomic mass is 10.1. The van der Waals surface area contributed by atoms with Crippen LogP contribution in [0.4, 0.5) is 0 Å². The van der Waals surface area contributed by atoms with E-state index in [9.17, 15) is 19.5 Å². The number of hydrogen-bond donors (Lipinski definition) is 0. The topological polar surface area (TPSA) is 102 Å². The number of esters is 2. The van der Waals surface area contributed by atoms with Gasteiger partial charge >= 0.3 is 11.9 Å². The number of hydrogen-bond acceptors (Lipinski definition) is 7. The third-order valence-electron chi connectivity index (χ3n) is 9.94. The minimum absolute atomic E-state index is 0.0185. The summed E-state index contributed by atoms with van der Waals surface area (Å²) in [6.45, 7) is 4.55. The van der Waals surface area contributed by atoms with Crippen molar-refractivity contribution in [1.82, 2.24) is 0 Å². The maximum absolute atomic E-state index is 12.7. The van der Waals surface area contributed by atoms with Crippen molar-refractivity contribution >= 4 is 17.9 Å². The lowest BCUT2D eigenvalue weighted by Crippen LogP contribution is -2.55. The zero-order valence-corrected chi connectivity index (χ0v) is 37.7. The van der Waals surface area contributed by atoms with Crippen LogP contribution in [0.5, 0.6) is 0 Å². The van der Waals surface area contributed by atoms with Gasteiger partial charge < -0.3 is 28.6 Å². The summed E-state index contributed by atoms with van der Waals surface area (Å²) in [4.78, 5) is 36.9. The van der Waals surface area contributed by atoms with E-state index in [1.165, 1.54) is 64.2 Å². The molecular weight excluding hydrogens is 727 g/mol. The first-order valence-electron chi connectivity index (χ1n) is 23.0. The van der Waals surface area contributed by atoms with E-state index >= 15 is 0 Å². The predicted octanol–water partition coefficient (Wildman–Crippen LogP) is 11.4. The molecule has 0 saturated heterocycles. The van der Waals surface area contributed by atoms with Gasteiger partial charge in [0.25, 0.3) is 0 Å². The van der Waals surface area contributed by atoms with Crippen LogP contribution in [0.2, 0.25) is 0 Å². The van der Waals surface area contributed by atoms with E-state index in [1.807, 2.05) is 6.08 Å². The number of quaternary nitrogens is 1. The largest absolute Gasteiger partial charge is 0.544 e. The molecule has 0 aliphatic carbocycles. The van der Waals surface area contributed by atoms with E-state index in [0.717, 1.165) is 70.6 Å². The molecule has 0 aliphatic rings. The average Bonchev–Trinajstić information content (AvgIpc) is 3.18. The van der Waals surface area contributed by atoms with Crippen molar-refractivity contribution in [3.05, 3.63) is 72.9 Å². The number of unbranched alkanes of at least 4 members (excludes halogenated alkanes) is 18. The zero-order chi connectivity index (χ0) is 42.8. The second-order valence-corrected chi connectivity index (χ2v) is 16.4. The predicted molar refractivity (Wildman–Crippen MR) is 240 cm³/mol. The molecule has 0 saturated carbocycles. The number of carbonyl (C=O) groups is 3. The van der Waals surface area contributed by atoms with Gasteiger partial charge in [0.05, 0.1) is 40.3 Å². The SMILES string of the molecule is CCCCC/C=C/C=C/C=C/C=C/CCCCCCCC(=O)OCC(COCCC(C(=O)[O-])[N+](C)(C)C)OC(=O)CCCCC/C=C/C=C/CCCCCCCCC. The fraction of sp³-hybridized carbons (Fsp3) is 0.700. The van der Waals surface area contributed by atoms with Crippen molar-refractivity contribution in [2.75, 3.05) is 41.0 Å². The Morgan fingerprint density at radius 1 is 0.517 bits per heavy atom. The summed E-state index contributed by atoms with van der Waals surface area (Å²) in [5, 5.41) is 11.6. The molecule has 0 fully saturated rings. The van der Waals surface area contributed by atoms with Crippen molar-refractivity contribution < 1.29 is 38.2 Å². The van der Waals surface area contributed by atoms with Gasteiger partial charge in [-0.25, -0.2) is 0 Å². The molecule has 0 amide bonds. The van der Waals surface area contributed by atoms with Gasteiger partial charge in [0.2, 0.25) is 0 Å². The maximum Gasteiger partial charge on any atom is 0.306 e. The van der Waals surface area contributed by atoms with Crippen LogP contribution in [-0.2, 0) is 28.6 Å². The Morgan fingerprint density at radius 3 is 1.41 bits per heavy atom. The Morgan fingerprint density at radius 2 is 0.914 bits per heavy atom. The fourth-order valence-electron chi connectivity index (χ4n) is 6.31. The van der Waals surface area contributed by atoms with E-state index in [4.69, 9.17) is 14.2 Å². The summed E-state index contributed by atoms with van der Waals surface area (Å²) in [6, 6.07) is -0.738. The standard InChI is InChI=1S/C50H85NO7/c1-6-8-10-12-14-16-18-20-22-24-25-27-28-30-32-34-36-38-40-48(52)57-45-46(44-56-43-42-47(50(54)55)51(3,4)5)58-49(53)41-39-37-35-33-31-29-26-23-21-19-17-15-13-11-9-7-2/h14,16,18,20,22-27,29,31,46-47H,6-13,15,17,19,21,28,30,32-45H2,1-5H3/b16-14+,20-18+,24-22+,26-23+,27-25+,31-29+. The Kier molecular flexibility index (Phi) is 38.3. The van der Waals surface area contributed by atoms with Gasteiger partial charge in [-0.15, -0.1) is 0 Å². The van der Waals surface area contributed by atoms with Gasteiger partial charge in [0, 0.05) is 19.3 Å². The Hall–Kier alpha value is -3.23. The summed E-state index contributed by atoms with van der Waals surface area (Å²) in [5.41, 5.74) is 0. The number of carbonyl (C=O) groups excluding carboxylic acids is 3. The first-order valence-corrected chi connectivity index (χ1v) is 23.0. The van der Waals surface area contributed by atoms with E-state index in [0.29, 0.717) is 12.8 Å². The number of carboxylic acids is 1. The van der Waals surface area contributed by atoms with Crippen molar-refractivity contribution in [3.63, 3.8) is 0 Å². The number of rotatable bonds is 40. The van der Waals surface area contributed by atoms with Crippen molar-refractivity contribution in [1.29, 1.82) is 0 Å². The first kappa shape index (κ1) is 54.8. The quantitative estimate of drug-likeness (QED) is 0.0263. The molecular formula is C50H85NO7. The molecule has 0 radical (unpaired) electrons. The van der Waals surface area contributed by atoms with Crippen molar-refractivity contribution in [2.45, 2.75) is 187 Å². The van der Waals surface area contributed by atoms with Crippen molar-refractivity contribution in [2.24, 2.45) is 0 Å². The van der Waals surface area contributed by atoms with E-state index in [2.05, 4.69) is 80.7 Å². The molecule has 0 aromatic rings. The summed E-state index contributed by atoms with van der Waals surface area (Å²) in [6.07, 6.45) is 50.6. The molecule has 8 nitrogen and oxygen atoms in total. The van der Waals surface area contributed by atoms with Crippen LogP contribution in [0.1, 0.15) is 174 Å². The minimum atomic E-state index is -1.14. The summed E-state index contributed by atoms with van der Waals surface area (Å²) in [7, 11) is 5.38. The van der Waals surface area contributed by atoms with Gasteiger partial charge in [-0.3, -0.25) is 9.59 Å². The highest BCUT2D eigenvalue weighted by atomic mass is 16.6. The number of nitrogens with zero attached hydrogens (tertiary/aromatic N) is 1. The molecule has 8 heteroatoms.